The second kappa shape index (κ2) is 6.14. The fourth-order valence-electron chi connectivity index (χ4n) is 2.36. The number of nitrogen functional groups attached to an aromatic ring is 1. The summed E-state index contributed by atoms with van der Waals surface area (Å²) in [6.07, 6.45) is 2.93. The second-order valence-electron chi connectivity index (χ2n) is 4.62. The van der Waals surface area contributed by atoms with Crippen molar-refractivity contribution in [1.82, 2.24) is 10.3 Å². The summed E-state index contributed by atoms with van der Waals surface area (Å²) < 4.78 is 0. The van der Waals surface area contributed by atoms with E-state index in [2.05, 4.69) is 10.3 Å². The molecule has 0 aromatic carbocycles. The van der Waals surface area contributed by atoms with Gasteiger partial charge in [0.05, 0.1) is 10.9 Å². The van der Waals surface area contributed by atoms with E-state index in [0.717, 1.165) is 30.7 Å². The Balaban J connectivity index is 2.04. The van der Waals surface area contributed by atoms with Gasteiger partial charge in [-0.2, -0.15) is 0 Å². The van der Waals surface area contributed by atoms with Gasteiger partial charge in [-0.15, -0.1) is 11.3 Å². The Morgan fingerprint density at radius 1 is 1.42 bits per heavy atom. The van der Waals surface area contributed by atoms with E-state index < -0.39 is 0 Å². The molecule has 0 saturated carbocycles. The van der Waals surface area contributed by atoms with Crippen molar-refractivity contribution < 1.29 is 9.59 Å². The van der Waals surface area contributed by atoms with E-state index >= 15 is 0 Å². The largest absolute Gasteiger partial charge is 0.368 e. The van der Waals surface area contributed by atoms with Gasteiger partial charge in [0.1, 0.15) is 0 Å². The molecule has 1 aliphatic heterocycles. The predicted octanol–water partition coefficient (Wildman–Crippen LogP) is 0.191. The SMILES string of the molecule is NNC(=O)c1ccc(CN2CCCCC2C(N)=O)s1. The van der Waals surface area contributed by atoms with E-state index in [1.165, 1.54) is 11.3 Å². The van der Waals surface area contributed by atoms with Crippen LogP contribution in [0.2, 0.25) is 0 Å². The zero-order valence-electron chi connectivity index (χ0n) is 10.6. The van der Waals surface area contributed by atoms with Crippen molar-refractivity contribution in [1.29, 1.82) is 0 Å². The van der Waals surface area contributed by atoms with Gasteiger partial charge < -0.3 is 5.73 Å². The Labute approximate surface area is 115 Å². The number of rotatable bonds is 4. The molecule has 2 amide bonds. The monoisotopic (exact) mass is 282 g/mol. The molecule has 0 aliphatic carbocycles. The lowest BCUT2D eigenvalue weighted by Crippen LogP contribution is -2.46. The number of nitrogens with one attached hydrogen (secondary N) is 1. The molecule has 1 fully saturated rings. The van der Waals surface area contributed by atoms with Crippen LogP contribution in [0.3, 0.4) is 0 Å². The Morgan fingerprint density at radius 3 is 2.89 bits per heavy atom. The van der Waals surface area contributed by atoms with E-state index in [9.17, 15) is 9.59 Å². The van der Waals surface area contributed by atoms with Gasteiger partial charge in [-0.25, -0.2) is 5.84 Å². The third-order valence-corrected chi connectivity index (χ3v) is 4.39. The molecule has 7 heteroatoms. The number of amides is 2. The molecule has 1 aromatic heterocycles. The van der Waals surface area contributed by atoms with Crippen molar-refractivity contribution in [3.05, 3.63) is 21.9 Å². The van der Waals surface area contributed by atoms with Gasteiger partial charge in [0, 0.05) is 11.4 Å². The molecular weight excluding hydrogens is 264 g/mol. The summed E-state index contributed by atoms with van der Waals surface area (Å²) >= 11 is 1.39. The summed E-state index contributed by atoms with van der Waals surface area (Å²) in [6.45, 7) is 1.51. The molecule has 0 radical (unpaired) electrons. The minimum absolute atomic E-state index is 0.192. The van der Waals surface area contributed by atoms with Crippen LogP contribution in [0.5, 0.6) is 0 Å². The summed E-state index contributed by atoms with van der Waals surface area (Å²) in [5.41, 5.74) is 7.54. The third kappa shape index (κ3) is 3.31. The first kappa shape index (κ1) is 14.0. The first-order valence-electron chi connectivity index (χ1n) is 6.25. The van der Waals surface area contributed by atoms with Gasteiger partial charge in [0.15, 0.2) is 0 Å². The van der Waals surface area contributed by atoms with Gasteiger partial charge in [-0.1, -0.05) is 6.42 Å². The van der Waals surface area contributed by atoms with Crippen LogP contribution in [-0.2, 0) is 11.3 Å². The lowest BCUT2D eigenvalue weighted by Gasteiger charge is -2.33. The van der Waals surface area contributed by atoms with Gasteiger partial charge in [0.25, 0.3) is 5.91 Å². The number of primary amides is 1. The molecule has 19 heavy (non-hydrogen) atoms. The fourth-order valence-corrected chi connectivity index (χ4v) is 3.30. The third-order valence-electron chi connectivity index (χ3n) is 3.32. The number of nitrogens with two attached hydrogens (primary N) is 2. The second-order valence-corrected chi connectivity index (χ2v) is 5.79. The predicted molar refractivity (Wildman–Crippen MR) is 73.2 cm³/mol. The molecule has 0 bridgehead atoms. The van der Waals surface area contributed by atoms with Crippen molar-refractivity contribution >= 4 is 23.2 Å². The van der Waals surface area contributed by atoms with E-state index in [1.54, 1.807) is 6.07 Å². The number of carbonyl (C=O) groups excluding carboxylic acids is 2. The molecule has 2 heterocycles. The van der Waals surface area contributed by atoms with Crippen LogP contribution in [0.4, 0.5) is 0 Å². The van der Waals surface area contributed by atoms with Crippen LogP contribution in [-0.4, -0.2) is 29.3 Å². The number of carbonyl (C=O) groups is 2. The van der Waals surface area contributed by atoms with Gasteiger partial charge in [-0.05, 0) is 31.5 Å². The van der Waals surface area contributed by atoms with Crippen LogP contribution in [0.25, 0.3) is 0 Å². The summed E-state index contributed by atoms with van der Waals surface area (Å²) in [6, 6.07) is 3.44. The number of hydrogen-bond acceptors (Lipinski definition) is 5. The van der Waals surface area contributed by atoms with Crippen LogP contribution in [0.1, 0.15) is 33.8 Å². The van der Waals surface area contributed by atoms with Crippen molar-refractivity contribution in [2.45, 2.75) is 31.8 Å². The number of thiophene rings is 1. The van der Waals surface area contributed by atoms with Crippen molar-refractivity contribution in [2.24, 2.45) is 11.6 Å². The van der Waals surface area contributed by atoms with Gasteiger partial charge in [0.2, 0.25) is 5.91 Å². The highest BCUT2D eigenvalue weighted by atomic mass is 32.1. The Morgan fingerprint density at radius 2 is 2.21 bits per heavy atom. The van der Waals surface area contributed by atoms with Crippen LogP contribution >= 0.6 is 11.3 Å². The van der Waals surface area contributed by atoms with E-state index in [-0.39, 0.29) is 17.9 Å². The first-order valence-corrected chi connectivity index (χ1v) is 7.06. The highest BCUT2D eigenvalue weighted by molar-refractivity contribution is 7.14. The number of nitrogens with zero attached hydrogens (tertiary/aromatic N) is 1. The maximum atomic E-state index is 11.4. The minimum Gasteiger partial charge on any atom is -0.368 e. The average molecular weight is 282 g/mol. The van der Waals surface area contributed by atoms with Crippen molar-refractivity contribution in [3.63, 3.8) is 0 Å². The molecule has 0 spiro atoms. The maximum absolute atomic E-state index is 11.4. The number of hydrogen-bond donors (Lipinski definition) is 3. The zero-order valence-corrected chi connectivity index (χ0v) is 11.4. The maximum Gasteiger partial charge on any atom is 0.275 e. The van der Waals surface area contributed by atoms with Gasteiger partial charge in [-0.3, -0.25) is 19.9 Å². The average Bonchev–Trinajstić information content (AvgIpc) is 2.86. The molecule has 1 aromatic rings. The summed E-state index contributed by atoms with van der Waals surface area (Å²) in [7, 11) is 0. The summed E-state index contributed by atoms with van der Waals surface area (Å²) in [5.74, 6) is 4.54. The Hall–Kier alpha value is -1.44. The molecule has 104 valence electrons. The van der Waals surface area contributed by atoms with Gasteiger partial charge >= 0.3 is 0 Å². The van der Waals surface area contributed by atoms with Crippen molar-refractivity contribution in [3.8, 4) is 0 Å². The van der Waals surface area contributed by atoms with E-state index in [0.29, 0.717) is 11.4 Å². The van der Waals surface area contributed by atoms with E-state index in [4.69, 9.17) is 11.6 Å². The van der Waals surface area contributed by atoms with Crippen LogP contribution < -0.4 is 17.0 Å². The molecule has 1 aliphatic rings. The molecule has 6 nitrogen and oxygen atoms in total. The number of piperidine rings is 1. The highest BCUT2D eigenvalue weighted by Crippen LogP contribution is 2.23. The molecule has 5 N–H and O–H groups in total. The summed E-state index contributed by atoms with van der Waals surface area (Å²) in [4.78, 5) is 26.5. The van der Waals surface area contributed by atoms with Crippen molar-refractivity contribution in [2.75, 3.05) is 6.54 Å². The quantitative estimate of drug-likeness (QED) is 0.417. The van der Waals surface area contributed by atoms with E-state index in [1.807, 2.05) is 6.07 Å². The summed E-state index contributed by atoms with van der Waals surface area (Å²) in [5, 5.41) is 0. The minimum atomic E-state index is -0.290. The zero-order chi connectivity index (χ0) is 13.8. The molecule has 1 unspecified atom stereocenters. The van der Waals surface area contributed by atoms with Crippen LogP contribution in [0.15, 0.2) is 12.1 Å². The first-order chi connectivity index (χ1) is 9.11. The molecule has 1 saturated heterocycles. The Bertz CT molecular complexity index is 474. The molecule has 1 atom stereocenters. The lowest BCUT2D eigenvalue weighted by molar-refractivity contribution is -0.124. The fraction of sp³-hybridized carbons (Fsp3) is 0.500. The topological polar surface area (TPSA) is 101 Å². The standard InChI is InChI=1S/C12H18N4O2S/c13-11(17)9-3-1-2-6-16(9)7-8-4-5-10(19-8)12(18)15-14/h4-5,9H,1-3,6-7,14H2,(H2,13,17)(H,15,18). The molecular formula is C12H18N4O2S. The Kier molecular flexibility index (Phi) is 4.52. The smallest absolute Gasteiger partial charge is 0.275 e. The lowest BCUT2D eigenvalue weighted by atomic mass is 10.0. The normalized spacial score (nSPS) is 20.2. The number of likely N-dealkylation sites (tertiary alicyclic amines) is 1. The van der Waals surface area contributed by atoms with Crippen LogP contribution in [0, 0.1) is 0 Å². The highest BCUT2D eigenvalue weighted by Gasteiger charge is 2.27. The number of hydrazine groups is 1. The molecule has 2 rings (SSSR count).